The first-order valence-corrected chi connectivity index (χ1v) is 13.5. The summed E-state index contributed by atoms with van der Waals surface area (Å²) in [5.74, 6) is -4.26. The molecule has 0 saturated heterocycles. The lowest BCUT2D eigenvalue weighted by Crippen LogP contribution is -2.27. The summed E-state index contributed by atoms with van der Waals surface area (Å²) in [5.41, 5.74) is -1.86. The zero-order valence-electron chi connectivity index (χ0n) is 21.6. The summed E-state index contributed by atoms with van der Waals surface area (Å²) >= 11 is 0. The molecule has 0 bridgehead atoms. The Labute approximate surface area is 220 Å². The summed E-state index contributed by atoms with van der Waals surface area (Å²) in [7, 11) is 0. The van der Waals surface area contributed by atoms with Gasteiger partial charge in [0.2, 0.25) is 0 Å². The molecular weight excluding hydrogens is 498 g/mol. The van der Waals surface area contributed by atoms with Gasteiger partial charge in [-0.15, -0.1) is 0 Å². The van der Waals surface area contributed by atoms with Gasteiger partial charge in [-0.05, 0) is 62.2 Å². The highest BCUT2D eigenvalue weighted by Gasteiger charge is 2.31. The summed E-state index contributed by atoms with van der Waals surface area (Å²) < 4.78 is 67.2. The number of carbonyl (C=O) groups is 1. The maximum atomic E-state index is 14.6. The monoisotopic (exact) mass is 531 g/mol. The van der Waals surface area contributed by atoms with E-state index in [9.17, 15) is 22.4 Å². The van der Waals surface area contributed by atoms with Crippen LogP contribution in [0.3, 0.4) is 0 Å². The molecular formula is C30H33F4NO3. The largest absolute Gasteiger partial charge is 0.493 e. The van der Waals surface area contributed by atoms with E-state index in [1.54, 1.807) is 0 Å². The molecule has 0 atom stereocenters. The Kier molecular flexibility index (Phi) is 9.30. The zero-order chi connectivity index (χ0) is 27.2. The summed E-state index contributed by atoms with van der Waals surface area (Å²) in [4.78, 5) is 12.3. The predicted molar refractivity (Wildman–Crippen MR) is 134 cm³/mol. The number of halogens is 4. The van der Waals surface area contributed by atoms with Crippen LogP contribution < -0.4 is 9.47 Å². The van der Waals surface area contributed by atoms with E-state index in [-0.39, 0.29) is 5.75 Å². The SMILES string of the molecule is CCC[C@H]1CC[C@H]([C@H]2CC[C@H](COc3cc(F)c(C(=O)Oc4cc(F)c(C#N)c(F)c4)c(F)c3)CC2)CC1. The van der Waals surface area contributed by atoms with Crippen LogP contribution in [0, 0.1) is 58.3 Å². The highest BCUT2D eigenvalue weighted by molar-refractivity contribution is 5.91. The molecule has 4 nitrogen and oxygen atoms in total. The first-order chi connectivity index (χ1) is 18.3. The van der Waals surface area contributed by atoms with E-state index in [2.05, 4.69) is 6.92 Å². The Bertz CT molecular complexity index is 1130. The van der Waals surface area contributed by atoms with Gasteiger partial charge in [0, 0.05) is 24.3 Å². The lowest BCUT2D eigenvalue weighted by atomic mass is 9.69. The van der Waals surface area contributed by atoms with Crippen LogP contribution in [0.5, 0.6) is 11.5 Å². The molecule has 2 aromatic rings. The maximum Gasteiger partial charge on any atom is 0.349 e. The fourth-order valence-electron chi connectivity index (χ4n) is 6.10. The van der Waals surface area contributed by atoms with Gasteiger partial charge in [0.1, 0.15) is 52.0 Å². The molecule has 2 aliphatic rings. The van der Waals surface area contributed by atoms with Crippen molar-refractivity contribution in [3.63, 3.8) is 0 Å². The van der Waals surface area contributed by atoms with Gasteiger partial charge >= 0.3 is 5.97 Å². The van der Waals surface area contributed by atoms with Gasteiger partial charge < -0.3 is 9.47 Å². The number of rotatable bonds is 8. The van der Waals surface area contributed by atoms with Crippen LogP contribution in [0.1, 0.15) is 87.1 Å². The molecule has 2 aromatic carbocycles. The van der Waals surface area contributed by atoms with Crippen molar-refractivity contribution in [1.29, 1.82) is 5.26 Å². The van der Waals surface area contributed by atoms with E-state index in [0.29, 0.717) is 24.7 Å². The minimum atomic E-state index is -1.46. The van der Waals surface area contributed by atoms with Gasteiger partial charge in [-0.25, -0.2) is 22.4 Å². The van der Waals surface area contributed by atoms with E-state index < -0.39 is 46.1 Å². The minimum absolute atomic E-state index is 0.0385. The van der Waals surface area contributed by atoms with Gasteiger partial charge in [-0.3, -0.25) is 0 Å². The second kappa shape index (κ2) is 12.6. The Hall–Kier alpha value is -3.08. The van der Waals surface area contributed by atoms with E-state index in [0.717, 1.165) is 55.6 Å². The van der Waals surface area contributed by atoms with Gasteiger partial charge in [0.15, 0.2) is 0 Å². The van der Waals surface area contributed by atoms with Crippen LogP contribution in [-0.2, 0) is 0 Å². The average Bonchev–Trinajstić information content (AvgIpc) is 2.88. The third-order valence-corrected chi connectivity index (χ3v) is 8.19. The van der Waals surface area contributed by atoms with Crippen LogP contribution in [0.2, 0.25) is 0 Å². The molecule has 4 rings (SSSR count). The molecule has 38 heavy (non-hydrogen) atoms. The number of nitrogens with zero attached hydrogens (tertiary/aromatic N) is 1. The van der Waals surface area contributed by atoms with Crippen molar-refractivity contribution >= 4 is 5.97 Å². The fourth-order valence-corrected chi connectivity index (χ4v) is 6.10. The van der Waals surface area contributed by atoms with Crippen molar-refractivity contribution < 1.29 is 31.8 Å². The van der Waals surface area contributed by atoms with Crippen molar-refractivity contribution in [2.75, 3.05) is 6.61 Å². The molecule has 0 heterocycles. The van der Waals surface area contributed by atoms with E-state index in [1.807, 2.05) is 0 Å². The molecule has 0 N–H and O–H groups in total. The molecule has 204 valence electrons. The standard InChI is InChI=1S/C30H33F4NO3/c1-2-3-18-4-8-20(9-5-18)21-10-6-19(7-11-21)17-37-22-12-27(33)29(28(34)13-22)30(36)38-23-14-25(31)24(16-35)26(32)15-23/h12-15,18-21H,2-11,17H2,1H3/t18-,19-,20-,21-. The number of hydrogen-bond donors (Lipinski definition) is 0. The fraction of sp³-hybridized carbons (Fsp3) is 0.533. The molecule has 8 heteroatoms. The number of benzene rings is 2. The smallest absolute Gasteiger partial charge is 0.349 e. The van der Waals surface area contributed by atoms with Crippen LogP contribution in [0.4, 0.5) is 17.6 Å². The van der Waals surface area contributed by atoms with E-state index in [4.69, 9.17) is 14.7 Å². The number of nitriles is 1. The lowest BCUT2D eigenvalue weighted by Gasteiger charge is -2.37. The topological polar surface area (TPSA) is 59.3 Å². The van der Waals surface area contributed by atoms with Crippen molar-refractivity contribution in [3.05, 3.63) is 58.7 Å². The third-order valence-electron chi connectivity index (χ3n) is 8.19. The Balaban J connectivity index is 1.29. The highest BCUT2D eigenvalue weighted by atomic mass is 19.1. The predicted octanol–water partition coefficient (Wildman–Crippen LogP) is 8.13. The normalized spacial score (nSPS) is 23.5. The van der Waals surface area contributed by atoms with Crippen LogP contribution >= 0.6 is 0 Å². The van der Waals surface area contributed by atoms with Crippen LogP contribution in [0.25, 0.3) is 0 Å². The molecule has 2 fully saturated rings. The van der Waals surface area contributed by atoms with Gasteiger partial charge in [-0.1, -0.05) is 32.6 Å². The minimum Gasteiger partial charge on any atom is -0.493 e. The molecule has 0 aromatic heterocycles. The number of carbonyl (C=O) groups excluding carboxylic acids is 1. The summed E-state index contributed by atoms with van der Waals surface area (Å²) in [6.45, 7) is 2.59. The first-order valence-electron chi connectivity index (χ1n) is 13.5. The lowest BCUT2D eigenvalue weighted by molar-refractivity contribution is 0.0723. The Morgan fingerprint density at radius 2 is 1.32 bits per heavy atom. The van der Waals surface area contributed by atoms with Gasteiger partial charge in [0.25, 0.3) is 0 Å². The second-order valence-corrected chi connectivity index (χ2v) is 10.7. The van der Waals surface area contributed by atoms with Gasteiger partial charge in [0.05, 0.1) is 6.61 Å². The molecule has 0 spiro atoms. The summed E-state index contributed by atoms with van der Waals surface area (Å²) in [6, 6.07) is 4.33. The van der Waals surface area contributed by atoms with E-state index >= 15 is 0 Å². The van der Waals surface area contributed by atoms with Crippen molar-refractivity contribution in [1.82, 2.24) is 0 Å². The summed E-state index contributed by atoms with van der Waals surface area (Å²) in [6.07, 6.45) is 12.3. The average molecular weight is 532 g/mol. The quantitative estimate of drug-likeness (QED) is 0.196. The molecule has 0 unspecified atom stereocenters. The molecule has 0 aliphatic heterocycles. The van der Waals surface area contributed by atoms with Crippen molar-refractivity contribution in [2.24, 2.45) is 23.7 Å². The van der Waals surface area contributed by atoms with Crippen LogP contribution in [-0.4, -0.2) is 12.6 Å². The highest BCUT2D eigenvalue weighted by Crippen LogP contribution is 2.42. The summed E-state index contributed by atoms with van der Waals surface area (Å²) in [5, 5.41) is 8.72. The van der Waals surface area contributed by atoms with Crippen molar-refractivity contribution in [3.8, 4) is 17.6 Å². The number of ether oxygens (including phenoxy) is 2. The third kappa shape index (κ3) is 6.67. The maximum absolute atomic E-state index is 14.6. The Morgan fingerprint density at radius 1 is 0.816 bits per heavy atom. The molecule has 2 saturated carbocycles. The molecule has 0 amide bonds. The molecule has 0 radical (unpaired) electrons. The number of hydrogen-bond acceptors (Lipinski definition) is 4. The zero-order valence-corrected chi connectivity index (χ0v) is 21.6. The Morgan fingerprint density at radius 3 is 1.82 bits per heavy atom. The van der Waals surface area contributed by atoms with E-state index in [1.165, 1.54) is 44.6 Å². The van der Waals surface area contributed by atoms with Crippen molar-refractivity contribution in [2.45, 2.75) is 71.1 Å². The van der Waals surface area contributed by atoms with Crippen LogP contribution in [0.15, 0.2) is 24.3 Å². The number of esters is 1. The van der Waals surface area contributed by atoms with Gasteiger partial charge in [-0.2, -0.15) is 5.26 Å². The second-order valence-electron chi connectivity index (χ2n) is 10.7. The molecule has 2 aliphatic carbocycles. The first kappa shape index (κ1) is 27.9.